The lowest BCUT2D eigenvalue weighted by Crippen LogP contribution is -2.32. The molecule has 1 atom stereocenters. The van der Waals surface area contributed by atoms with Crippen molar-refractivity contribution >= 4 is 5.69 Å². The number of fused-ring (bicyclic) bond motifs is 1. The first kappa shape index (κ1) is 13.1. The first-order chi connectivity index (χ1) is 9.70. The van der Waals surface area contributed by atoms with Crippen LogP contribution in [0.3, 0.4) is 0 Å². The summed E-state index contributed by atoms with van der Waals surface area (Å²) in [6, 6.07) is 15.3. The first-order valence-corrected chi connectivity index (χ1v) is 7.16. The number of hydrogen-bond donors (Lipinski definition) is 1. The monoisotopic (exact) mass is 267 g/mol. The van der Waals surface area contributed by atoms with E-state index in [1.807, 2.05) is 13.0 Å². The van der Waals surface area contributed by atoms with Gasteiger partial charge in [0.25, 0.3) is 0 Å². The molecule has 0 saturated heterocycles. The summed E-state index contributed by atoms with van der Waals surface area (Å²) in [7, 11) is 2.16. The molecule has 2 aromatic rings. The highest BCUT2D eigenvalue weighted by atomic mass is 15.1. The zero-order chi connectivity index (χ0) is 13.9. The molecule has 3 nitrogen and oxygen atoms in total. The van der Waals surface area contributed by atoms with Gasteiger partial charge < -0.3 is 5.32 Å². The van der Waals surface area contributed by atoms with Gasteiger partial charge in [-0.3, -0.25) is 9.88 Å². The Balaban J connectivity index is 1.57. The van der Waals surface area contributed by atoms with Gasteiger partial charge in [0.2, 0.25) is 0 Å². The quantitative estimate of drug-likeness (QED) is 0.923. The second-order valence-electron chi connectivity index (χ2n) is 5.67. The maximum Gasteiger partial charge on any atom is 0.0547 e. The summed E-state index contributed by atoms with van der Waals surface area (Å²) in [5.41, 5.74) is 4.95. The van der Waals surface area contributed by atoms with Crippen molar-refractivity contribution in [3.8, 4) is 0 Å². The zero-order valence-corrected chi connectivity index (χ0v) is 12.1. The van der Waals surface area contributed by atoms with Crippen molar-refractivity contribution < 1.29 is 0 Å². The Morgan fingerprint density at radius 3 is 2.85 bits per heavy atom. The normalized spacial score (nSPS) is 17.1. The lowest BCUT2D eigenvalue weighted by molar-refractivity contribution is 0.309. The number of nitrogens with zero attached hydrogens (tertiary/aromatic N) is 2. The lowest BCUT2D eigenvalue weighted by Gasteiger charge is -2.21. The summed E-state index contributed by atoms with van der Waals surface area (Å²) in [4.78, 5) is 6.90. The van der Waals surface area contributed by atoms with Gasteiger partial charge in [-0.1, -0.05) is 24.3 Å². The van der Waals surface area contributed by atoms with Crippen LogP contribution in [0.5, 0.6) is 0 Å². The topological polar surface area (TPSA) is 28.2 Å². The molecule has 1 N–H and O–H groups in total. The highest BCUT2D eigenvalue weighted by molar-refractivity contribution is 5.56. The highest BCUT2D eigenvalue weighted by Gasteiger charge is 2.21. The fourth-order valence-electron chi connectivity index (χ4n) is 2.89. The number of anilines is 1. The third kappa shape index (κ3) is 2.99. The van der Waals surface area contributed by atoms with Crippen LogP contribution >= 0.6 is 0 Å². The van der Waals surface area contributed by atoms with Crippen molar-refractivity contribution in [1.29, 1.82) is 0 Å². The predicted molar refractivity (Wildman–Crippen MR) is 82.9 cm³/mol. The van der Waals surface area contributed by atoms with Crippen LogP contribution in [-0.2, 0) is 13.0 Å². The predicted octanol–water partition coefficient (Wildman–Crippen LogP) is 2.86. The van der Waals surface area contributed by atoms with Crippen LogP contribution < -0.4 is 5.32 Å². The number of para-hydroxylation sites is 1. The molecule has 1 unspecified atom stereocenters. The van der Waals surface area contributed by atoms with Crippen molar-refractivity contribution in [3.05, 3.63) is 59.4 Å². The minimum Gasteiger partial charge on any atom is -0.380 e. The van der Waals surface area contributed by atoms with E-state index in [1.165, 1.54) is 11.3 Å². The van der Waals surface area contributed by atoms with Gasteiger partial charge in [-0.2, -0.15) is 0 Å². The number of aryl methyl sites for hydroxylation is 1. The number of aromatic nitrogens is 1. The van der Waals surface area contributed by atoms with Crippen LogP contribution in [0.25, 0.3) is 0 Å². The van der Waals surface area contributed by atoms with Gasteiger partial charge in [-0.25, -0.2) is 0 Å². The molecule has 0 fully saturated rings. The molecule has 1 aliphatic rings. The van der Waals surface area contributed by atoms with E-state index in [9.17, 15) is 0 Å². The van der Waals surface area contributed by atoms with Crippen LogP contribution in [0.2, 0.25) is 0 Å². The minimum absolute atomic E-state index is 0.502. The molecule has 0 saturated carbocycles. The van der Waals surface area contributed by atoms with E-state index in [0.717, 1.165) is 30.9 Å². The summed E-state index contributed by atoms with van der Waals surface area (Å²) in [6.07, 6.45) is 1.11. The number of benzene rings is 1. The van der Waals surface area contributed by atoms with Crippen LogP contribution in [0.15, 0.2) is 42.5 Å². The Kier molecular flexibility index (Phi) is 3.70. The van der Waals surface area contributed by atoms with Crippen molar-refractivity contribution in [1.82, 2.24) is 9.88 Å². The van der Waals surface area contributed by atoms with Crippen molar-refractivity contribution in [2.45, 2.75) is 25.9 Å². The molecule has 0 amide bonds. The summed E-state index contributed by atoms with van der Waals surface area (Å²) in [6.45, 7) is 3.97. The van der Waals surface area contributed by atoms with E-state index in [0.29, 0.717) is 6.04 Å². The molecule has 1 aliphatic heterocycles. The smallest absolute Gasteiger partial charge is 0.0547 e. The molecular weight excluding hydrogens is 246 g/mol. The molecule has 1 aromatic carbocycles. The standard InChI is InChI=1S/C17H21N3/c1-13-6-5-8-15(18-13)11-20(2)12-16-10-14-7-3-4-9-17(14)19-16/h3-9,16,19H,10-12H2,1-2H3. The number of rotatable bonds is 4. The second-order valence-corrected chi connectivity index (χ2v) is 5.67. The first-order valence-electron chi connectivity index (χ1n) is 7.16. The van der Waals surface area contributed by atoms with Gasteiger partial charge in [0, 0.05) is 30.5 Å². The van der Waals surface area contributed by atoms with Crippen LogP contribution in [0, 0.1) is 6.92 Å². The molecule has 0 spiro atoms. The van der Waals surface area contributed by atoms with E-state index < -0.39 is 0 Å². The van der Waals surface area contributed by atoms with Gasteiger partial charge >= 0.3 is 0 Å². The molecular formula is C17H21N3. The van der Waals surface area contributed by atoms with Gasteiger partial charge in [-0.15, -0.1) is 0 Å². The summed E-state index contributed by atoms with van der Waals surface area (Å²) in [5.74, 6) is 0. The van der Waals surface area contributed by atoms with Crippen LogP contribution in [-0.4, -0.2) is 29.5 Å². The van der Waals surface area contributed by atoms with E-state index in [1.54, 1.807) is 0 Å². The van der Waals surface area contributed by atoms with E-state index in [-0.39, 0.29) is 0 Å². The molecule has 3 rings (SSSR count). The van der Waals surface area contributed by atoms with Crippen molar-refractivity contribution in [2.24, 2.45) is 0 Å². The van der Waals surface area contributed by atoms with Crippen LogP contribution in [0.1, 0.15) is 17.0 Å². The SMILES string of the molecule is Cc1cccc(CN(C)CC2Cc3ccccc3N2)n1. The molecule has 104 valence electrons. The molecule has 0 bridgehead atoms. The average Bonchev–Trinajstić information content (AvgIpc) is 2.80. The third-order valence-corrected chi connectivity index (χ3v) is 3.75. The highest BCUT2D eigenvalue weighted by Crippen LogP contribution is 2.25. The fraction of sp³-hybridized carbons (Fsp3) is 0.353. The van der Waals surface area contributed by atoms with E-state index >= 15 is 0 Å². The van der Waals surface area contributed by atoms with Gasteiger partial charge in [0.05, 0.1) is 5.69 Å². The van der Waals surface area contributed by atoms with Gasteiger partial charge in [0.1, 0.15) is 0 Å². The van der Waals surface area contributed by atoms with E-state index in [2.05, 4.69) is 58.6 Å². The van der Waals surface area contributed by atoms with Crippen LogP contribution in [0.4, 0.5) is 5.69 Å². The molecule has 20 heavy (non-hydrogen) atoms. The number of pyridine rings is 1. The largest absolute Gasteiger partial charge is 0.380 e. The van der Waals surface area contributed by atoms with Crippen molar-refractivity contribution in [3.63, 3.8) is 0 Å². The fourth-order valence-corrected chi connectivity index (χ4v) is 2.89. The number of nitrogens with one attached hydrogen (secondary N) is 1. The maximum atomic E-state index is 4.57. The Hall–Kier alpha value is -1.87. The number of likely N-dealkylation sites (N-methyl/N-ethyl adjacent to an activating group) is 1. The maximum absolute atomic E-state index is 4.57. The average molecular weight is 267 g/mol. The Morgan fingerprint density at radius 2 is 2.05 bits per heavy atom. The van der Waals surface area contributed by atoms with E-state index in [4.69, 9.17) is 0 Å². The molecule has 2 heterocycles. The Bertz CT molecular complexity index is 569. The summed E-state index contributed by atoms with van der Waals surface area (Å²) >= 11 is 0. The van der Waals surface area contributed by atoms with Gasteiger partial charge in [0.15, 0.2) is 0 Å². The molecule has 0 radical (unpaired) electrons. The van der Waals surface area contributed by atoms with Crippen molar-refractivity contribution in [2.75, 3.05) is 18.9 Å². The summed E-state index contributed by atoms with van der Waals surface area (Å²) in [5, 5.41) is 3.60. The lowest BCUT2D eigenvalue weighted by atomic mass is 10.1. The van der Waals surface area contributed by atoms with Gasteiger partial charge in [-0.05, 0) is 44.2 Å². The Labute approximate surface area is 120 Å². The molecule has 0 aliphatic carbocycles. The second kappa shape index (κ2) is 5.63. The minimum atomic E-state index is 0.502. The summed E-state index contributed by atoms with van der Waals surface area (Å²) < 4.78 is 0. The molecule has 3 heteroatoms. The Morgan fingerprint density at radius 1 is 1.20 bits per heavy atom. The third-order valence-electron chi connectivity index (χ3n) is 3.75. The number of hydrogen-bond acceptors (Lipinski definition) is 3. The molecule has 1 aromatic heterocycles. The zero-order valence-electron chi connectivity index (χ0n) is 12.1.